The number of imidazole rings is 1. The first-order chi connectivity index (χ1) is 10.0. The van der Waals surface area contributed by atoms with E-state index in [0.29, 0.717) is 11.2 Å². The van der Waals surface area contributed by atoms with Crippen molar-refractivity contribution in [2.75, 3.05) is 19.5 Å². The molecule has 1 saturated heterocycles. The summed E-state index contributed by atoms with van der Waals surface area (Å²) in [6, 6.07) is 0. The van der Waals surface area contributed by atoms with Gasteiger partial charge in [-0.2, -0.15) is 0 Å². The smallest absolute Gasteiger partial charge is 0.168 e. The fourth-order valence-corrected chi connectivity index (χ4v) is 2.81. The van der Waals surface area contributed by atoms with Crippen LogP contribution in [0.15, 0.2) is 12.7 Å². The van der Waals surface area contributed by atoms with Crippen LogP contribution in [0.5, 0.6) is 0 Å². The van der Waals surface area contributed by atoms with Crippen molar-refractivity contribution in [1.29, 1.82) is 0 Å². The number of nitrogen functional groups attached to an aromatic ring is 1. The highest BCUT2D eigenvalue weighted by Crippen LogP contribution is 2.40. The van der Waals surface area contributed by atoms with Crippen molar-refractivity contribution < 1.29 is 19.7 Å². The summed E-state index contributed by atoms with van der Waals surface area (Å²) >= 11 is 0. The zero-order chi connectivity index (χ0) is 15.2. The number of nitrogens with two attached hydrogens (primary N) is 1. The van der Waals surface area contributed by atoms with E-state index in [9.17, 15) is 10.2 Å². The Morgan fingerprint density at radius 2 is 2.24 bits per heavy atom. The highest BCUT2D eigenvalue weighted by atomic mass is 16.6. The summed E-state index contributed by atoms with van der Waals surface area (Å²) in [5, 5.41) is 20.1. The standard InChI is InChI=1S/C12H17N5O4/c1-12(19)8(20-2)6(3-18)21-11(12)17-5-16-7-9(13)14-4-15-10(7)17/h4-6,8,11,18-19H,3H2,1-2H3,(H2,13,14,15)/t6-,8?,11-,12?/m1/s1. The SMILES string of the molecule is COC1[C@@H](CO)O[C@@H](n2cnc3c(N)ncnc32)C1(C)O. The van der Waals surface area contributed by atoms with E-state index in [0.717, 1.165) is 0 Å². The normalized spacial score (nSPS) is 32.9. The Morgan fingerprint density at radius 3 is 2.86 bits per heavy atom. The predicted octanol–water partition coefficient (Wildman–Crippen LogP) is -0.936. The molecule has 2 aromatic heterocycles. The molecule has 3 rings (SSSR count). The first kappa shape index (κ1) is 14.1. The number of ether oxygens (including phenoxy) is 2. The van der Waals surface area contributed by atoms with Crippen molar-refractivity contribution in [2.24, 2.45) is 0 Å². The van der Waals surface area contributed by atoms with Crippen molar-refractivity contribution in [3.05, 3.63) is 12.7 Å². The van der Waals surface area contributed by atoms with Crippen molar-refractivity contribution >= 4 is 17.0 Å². The highest BCUT2D eigenvalue weighted by Gasteiger charge is 2.54. The van der Waals surface area contributed by atoms with E-state index in [2.05, 4.69) is 15.0 Å². The monoisotopic (exact) mass is 295 g/mol. The van der Waals surface area contributed by atoms with Crippen LogP contribution >= 0.6 is 0 Å². The summed E-state index contributed by atoms with van der Waals surface area (Å²) in [6.07, 6.45) is 0.660. The molecule has 4 atom stereocenters. The Hall–Kier alpha value is -1.81. The number of aliphatic hydroxyl groups excluding tert-OH is 1. The van der Waals surface area contributed by atoms with Crippen LogP contribution in [0.3, 0.4) is 0 Å². The van der Waals surface area contributed by atoms with E-state index in [1.54, 1.807) is 11.5 Å². The van der Waals surface area contributed by atoms with Gasteiger partial charge in [0.15, 0.2) is 17.7 Å². The Labute approximate surface area is 120 Å². The van der Waals surface area contributed by atoms with Gasteiger partial charge in [0, 0.05) is 7.11 Å². The van der Waals surface area contributed by atoms with Crippen molar-refractivity contribution in [1.82, 2.24) is 19.5 Å². The Kier molecular flexibility index (Phi) is 3.29. The molecule has 21 heavy (non-hydrogen) atoms. The molecule has 0 bridgehead atoms. The molecule has 2 aromatic rings. The zero-order valence-electron chi connectivity index (χ0n) is 11.7. The van der Waals surface area contributed by atoms with Gasteiger partial charge in [-0.3, -0.25) is 4.57 Å². The largest absolute Gasteiger partial charge is 0.394 e. The second kappa shape index (κ2) is 4.88. The summed E-state index contributed by atoms with van der Waals surface area (Å²) in [7, 11) is 1.46. The molecule has 3 heterocycles. The molecule has 9 nitrogen and oxygen atoms in total. The van der Waals surface area contributed by atoms with Crippen molar-refractivity contribution in [3.8, 4) is 0 Å². The number of hydrogen-bond donors (Lipinski definition) is 3. The van der Waals surface area contributed by atoms with Gasteiger partial charge in [0.25, 0.3) is 0 Å². The van der Waals surface area contributed by atoms with Gasteiger partial charge in [0.1, 0.15) is 29.7 Å². The Balaban J connectivity index is 2.08. The van der Waals surface area contributed by atoms with E-state index in [-0.39, 0.29) is 12.4 Å². The molecule has 114 valence electrons. The van der Waals surface area contributed by atoms with Crippen LogP contribution in [0.25, 0.3) is 11.2 Å². The van der Waals surface area contributed by atoms with Gasteiger partial charge in [0.05, 0.1) is 12.9 Å². The van der Waals surface area contributed by atoms with E-state index in [1.807, 2.05) is 0 Å². The molecule has 1 fully saturated rings. The maximum atomic E-state index is 10.7. The molecule has 0 aromatic carbocycles. The van der Waals surface area contributed by atoms with Gasteiger partial charge in [-0.05, 0) is 6.92 Å². The lowest BCUT2D eigenvalue weighted by atomic mass is 9.96. The first-order valence-electron chi connectivity index (χ1n) is 6.45. The predicted molar refractivity (Wildman–Crippen MR) is 72.2 cm³/mol. The number of aliphatic hydroxyl groups is 2. The molecule has 9 heteroatoms. The summed E-state index contributed by atoms with van der Waals surface area (Å²) in [5.41, 5.74) is 5.26. The van der Waals surface area contributed by atoms with Gasteiger partial charge in [0.2, 0.25) is 0 Å². The summed E-state index contributed by atoms with van der Waals surface area (Å²) in [5.74, 6) is 0.249. The van der Waals surface area contributed by atoms with Crippen molar-refractivity contribution in [2.45, 2.75) is 31.0 Å². The molecule has 1 aliphatic rings. The Morgan fingerprint density at radius 1 is 1.48 bits per heavy atom. The van der Waals surface area contributed by atoms with Crippen LogP contribution in [0.4, 0.5) is 5.82 Å². The second-order valence-corrected chi connectivity index (χ2v) is 5.17. The van der Waals surface area contributed by atoms with Crippen LogP contribution in [0.1, 0.15) is 13.2 Å². The van der Waals surface area contributed by atoms with Crippen LogP contribution < -0.4 is 5.73 Å². The van der Waals surface area contributed by atoms with Crippen LogP contribution in [-0.2, 0) is 9.47 Å². The van der Waals surface area contributed by atoms with E-state index >= 15 is 0 Å². The van der Waals surface area contributed by atoms with E-state index < -0.39 is 24.0 Å². The van der Waals surface area contributed by atoms with Gasteiger partial charge >= 0.3 is 0 Å². The van der Waals surface area contributed by atoms with Gasteiger partial charge in [-0.25, -0.2) is 15.0 Å². The molecule has 0 amide bonds. The minimum atomic E-state index is -1.37. The van der Waals surface area contributed by atoms with Crippen LogP contribution in [0, 0.1) is 0 Å². The number of rotatable bonds is 3. The molecule has 4 N–H and O–H groups in total. The molecule has 0 aliphatic carbocycles. The summed E-state index contributed by atoms with van der Waals surface area (Å²) in [6.45, 7) is 1.31. The summed E-state index contributed by atoms with van der Waals surface area (Å²) < 4.78 is 12.6. The second-order valence-electron chi connectivity index (χ2n) is 5.17. The highest BCUT2D eigenvalue weighted by molar-refractivity contribution is 5.81. The third-order valence-electron chi connectivity index (χ3n) is 3.79. The minimum Gasteiger partial charge on any atom is -0.394 e. The number of nitrogens with zero attached hydrogens (tertiary/aromatic N) is 4. The lowest BCUT2D eigenvalue weighted by Gasteiger charge is -2.29. The minimum absolute atomic E-state index is 0.249. The average molecular weight is 295 g/mol. The topological polar surface area (TPSA) is 129 Å². The van der Waals surface area contributed by atoms with E-state index in [1.165, 1.54) is 19.8 Å². The Bertz CT molecular complexity index is 658. The molecular weight excluding hydrogens is 278 g/mol. The third kappa shape index (κ3) is 1.97. The lowest BCUT2D eigenvalue weighted by Crippen LogP contribution is -2.45. The third-order valence-corrected chi connectivity index (χ3v) is 3.79. The van der Waals surface area contributed by atoms with Gasteiger partial charge in [-0.1, -0.05) is 0 Å². The molecule has 0 radical (unpaired) electrons. The molecule has 0 saturated carbocycles. The number of hydrogen-bond acceptors (Lipinski definition) is 8. The fourth-order valence-electron chi connectivity index (χ4n) is 2.81. The molecule has 1 aliphatic heterocycles. The quantitative estimate of drug-likeness (QED) is 0.662. The fraction of sp³-hybridized carbons (Fsp3) is 0.583. The number of aromatic nitrogens is 4. The van der Waals surface area contributed by atoms with Gasteiger partial charge in [-0.15, -0.1) is 0 Å². The van der Waals surface area contributed by atoms with Gasteiger partial charge < -0.3 is 25.4 Å². The average Bonchev–Trinajstić information content (AvgIpc) is 2.97. The molecular formula is C12H17N5O4. The number of anilines is 1. The molecule has 0 spiro atoms. The van der Waals surface area contributed by atoms with E-state index in [4.69, 9.17) is 15.2 Å². The van der Waals surface area contributed by atoms with Crippen molar-refractivity contribution in [3.63, 3.8) is 0 Å². The lowest BCUT2D eigenvalue weighted by molar-refractivity contribution is -0.101. The van der Waals surface area contributed by atoms with Crippen LogP contribution in [-0.4, -0.2) is 61.3 Å². The van der Waals surface area contributed by atoms with Crippen LogP contribution in [0.2, 0.25) is 0 Å². The zero-order valence-corrected chi connectivity index (χ0v) is 11.7. The maximum Gasteiger partial charge on any atom is 0.168 e. The number of fused-ring (bicyclic) bond motifs is 1. The molecule has 2 unspecified atom stereocenters. The summed E-state index contributed by atoms with van der Waals surface area (Å²) in [4.78, 5) is 12.1. The number of methoxy groups -OCH3 is 1. The first-order valence-corrected chi connectivity index (χ1v) is 6.45. The maximum absolute atomic E-state index is 10.7.